The van der Waals surface area contributed by atoms with Crippen LogP contribution in [0.3, 0.4) is 0 Å². The van der Waals surface area contributed by atoms with E-state index in [4.69, 9.17) is 9.26 Å². The van der Waals surface area contributed by atoms with Crippen LogP contribution in [-0.2, 0) is 4.79 Å². The number of amides is 1. The van der Waals surface area contributed by atoms with E-state index in [0.29, 0.717) is 40.8 Å². The van der Waals surface area contributed by atoms with Crippen LogP contribution in [0.25, 0.3) is 11.5 Å². The van der Waals surface area contributed by atoms with E-state index in [-0.39, 0.29) is 24.1 Å². The van der Waals surface area contributed by atoms with Gasteiger partial charge in [0.1, 0.15) is 11.6 Å². The van der Waals surface area contributed by atoms with E-state index in [9.17, 15) is 9.18 Å². The Bertz CT molecular complexity index is 1000. The highest BCUT2D eigenvalue weighted by Gasteiger charge is 2.35. The van der Waals surface area contributed by atoms with Gasteiger partial charge in [0.25, 0.3) is 5.89 Å². The van der Waals surface area contributed by atoms with Crippen LogP contribution >= 0.6 is 0 Å². The van der Waals surface area contributed by atoms with Crippen LogP contribution in [0.4, 0.5) is 10.1 Å². The third-order valence-electron chi connectivity index (χ3n) is 4.72. The van der Waals surface area contributed by atoms with Crippen LogP contribution in [0.2, 0.25) is 0 Å². The number of ether oxygens (including phenoxy) is 1. The molecule has 0 aliphatic carbocycles. The highest BCUT2D eigenvalue weighted by atomic mass is 19.1. The molecule has 0 N–H and O–H groups in total. The molecule has 27 heavy (non-hydrogen) atoms. The Kier molecular flexibility index (Phi) is 4.35. The number of anilines is 1. The smallest absolute Gasteiger partial charge is 0.261 e. The lowest BCUT2D eigenvalue weighted by atomic mass is 10.1. The first-order valence-electron chi connectivity index (χ1n) is 8.60. The van der Waals surface area contributed by atoms with E-state index < -0.39 is 0 Å². The maximum absolute atomic E-state index is 13.5. The van der Waals surface area contributed by atoms with E-state index in [1.54, 1.807) is 31.1 Å². The summed E-state index contributed by atoms with van der Waals surface area (Å²) in [6, 6.07) is 12.0. The molecule has 4 rings (SSSR count). The van der Waals surface area contributed by atoms with Gasteiger partial charge in [0.05, 0.1) is 12.7 Å². The van der Waals surface area contributed by atoms with Gasteiger partial charge in [-0.2, -0.15) is 4.98 Å². The minimum atomic E-state index is -0.290. The molecule has 1 aliphatic rings. The fraction of sp³-hybridized carbons (Fsp3) is 0.250. The van der Waals surface area contributed by atoms with Gasteiger partial charge in [-0.05, 0) is 42.8 Å². The summed E-state index contributed by atoms with van der Waals surface area (Å²) in [4.78, 5) is 18.6. The molecule has 1 fully saturated rings. The molecule has 1 aliphatic heterocycles. The monoisotopic (exact) mass is 367 g/mol. The van der Waals surface area contributed by atoms with Gasteiger partial charge in [0.15, 0.2) is 5.82 Å². The van der Waals surface area contributed by atoms with Crippen molar-refractivity contribution in [1.29, 1.82) is 0 Å². The summed E-state index contributed by atoms with van der Waals surface area (Å²) >= 11 is 0. The van der Waals surface area contributed by atoms with E-state index in [1.807, 2.05) is 24.3 Å². The Morgan fingerprint density at radius 3 is 2.85 bits per heavy atom. The van der Waals surface area contributed by atoms with Crippen molar-refractivity contribution < 1.29 is 18.4 Å². The zero-order valence-corrected chi connectivity index (χ0v) is 15.0. The zero-order chi connectivity index (χ0) is 19.0. The van der Waals surface area contributed by atoms with Crippen molar-refractivity contribution >= 4 is 11.6 Å². The summed E-state index contributed by atoms with van der Waals surface area (Å²) in [5.41, 5.74) is 1.88. The highest BCUT2D eigenvalue weighted by Crippen LogP contribution is 2.33. The van der Waals surface area contributed by atoms with Gasteiger partial charge < -0.3 is 14.2 Å². The van der Waals surface area contributed by atoms with E-state index in [0.717, 1.165) is 0 Å². The number of nitrogens with zero attached hydrogens (tertiary/aromatic N) is 3. The lowest BCUT2D eigenvalue weighted by Gasteiger charge is -2.16. The average molecular weight is 367 g/mol. The second kappa shape index (κ2) is 6.83. The number of methoxy groups -OCH3 is 1. The van der Waals surface area contributed by atoms with Gasteiger partial charge in [-0.25, -0.2) is 4.39 Å². The SMILES string of the molecule is COc1ccccc1-c1nc(C2CC(=O)N(c3ccc(F)c(C)c3)C2)no1. The Hall–Kier alpha value is -3.22. The van der Waals surface area contributed by atoms with Crippen LogP contribution in [0.1, 0.15) is 23.7 Å². The number of para-hydroxylation sites is 1. The van der Waals surface area contributed by atoms with Gasteiger partial charge >= 0.3 is 0 Å². The van der Waals surface area contributed by atoms with Crippen LogP contribution in [-0.4, -0.2) is 29.7 Å². The number of halogens is 1. The molecule has 0 bridgehead atoms. The standard InChI is InChI=1S/C20H18FN3O3/c1-12-9-14(7-8-16(12)21)24-11-13(10-18(24)25)19-22-20(27-23-19)15-5-3-4-6-17(15)26-2/h3-9,13H,10-11H2,1-2H3. The average Bonchev–Trinajstić information content (AvgIpc) is 3.31. The second-order valence-corrected chi connectivity index (χ2v) is 6.50. The number of carbonyl (C=O) groups excluding carboxylic acids is 1. The second-order valence-electron chi connectivity index (χ2n) is 6.50. The van der Waals surface area contributed by atoms with Crippen LogP contribution < -0.4 is 9.64 Å². The van der Waals surface area contributed by atoms with Crippen molar-refractivity contribution in [2.45, 2.75) is 19.3 Å². The number of hydrogen-bond donors (Lipinski definition) is 0. The highest BCUT2D eigenvalue weighted by molar-refractivity contribution is 5.96. The molecule has 0 radical (unpaired) electrons. The Morgan fingerprint density at radius 1 is 1.26 bits per heavy atom. The maximum atomic E-state index is 13.5. The molecule has 6 nitrogen and oxygen atoms in total. The fourth-order valence-electron chi connectivity index (χ4n) is 3.26. The first kappa shape index (κ1) is 17.2. The lowest BCUT2D eigenvalue weighted by Crippen LogP contribution is -2.24. The van der Waals surface area contributed by atoms with Gasteiger partial charge in [-0.1, -0.05) is 17.3 Å². The number of aromatic nitrogens is 2. The summed E-state index contributed by atoms with van der Waals surface area (Å²) in [5.74, 6) is 0.946. The van der Waals surface area contributed by atoms with Crippen molar-refractivity contribution in [2.24, 2.45) is 0 Å². The van der Waals surface area contributed by atoms with E-state index >= 15 is 0 Å². The molecule has 2 aromatic carbocycles. The molecule has 138 valence electrons. The summed E-state index contributed by atoms with van der Waals surface area (Å²) in [6.45, 7) is 2.10. The first-order chi connectivity index (χ1) is 13.1. The topological polar surface area (TPSA) is 68.5 Å². The molecular weight excluding hydrogens is 349 g/mol. The molecule has 1 amide bonds. The van der Waals surface area contributed by atoms with Gasteiger partial charge in [-0.3, -0.25) is 4.79 Å². The van der Waals surface area contributed by atoms with Crippen molar-refractivity contribution in [3.63, 3.8) is 0 Å². The molecule has 1 aromatic heterocycles. The Labute approximate surface area is 155 Å². The Morgan fingerprint density at radius 2 is 2.07 bits per heavy atom. The van der Waals surface area contributed by atoms with Crippen LogP contribution in [0.15, 0.2) is 47.0 Å². The minimum absolute atomic E-state index is 0.0466. The third kappa shape index (κ3) is 3.16. The van der Waals surface area contributed by atoms with E-state index in [1.165, 1.54) is 6.07 Å². The molecular formula is C20H18FN3O3. The molecule has 2 heterocycles. The molecule has 0 spiro atoms. The van der Waals surface area contributed by atoms with Crippen LogP contribution in [0, 0.1) is 12.7 Å². The number of rotatable bonds is 4. The van der Waals surface area contributed by atoms with E-state index in [2.05, 4.69) is 10.1 Å². The van der Waals surface area contributed by atoms with Crippen molar-refractivity contribution in [3.8, 4) is 17.2 Å². The normalized spacial score (nSPS) is 16.8. The molecule has 1 unspecified atom stereocenters. The van der Waals surface area contributed by atoms with Gasteiger partial charge in [-0.15, -0.1) is 0 Å². The molecule has 1 saturated heterocycles. The summed E-state index contributed by atoms with van der Waals surface area (Å²) in [5, 5.41) is 4.06. The van der Waals surface area contributed by atoms with Gasteiger partial charge in [0, 0.05) is 24.6 Å². The fourth-order valence-corrected chi connectivity index (χ4v) is 3.26. The zero-order valence-electron chi connectivity index (χ0n) is 15.0. The summed E-state index contributed by atoms with van der Waals surface area (Å²) < 4.78 is 24.2. The predicted molar refractivity (Wildman–Crippen MR) is 97.1 cm³/mol. The largest absolute Gasteiger partial charge is 0.496 e. The lowest BCUT2D eigenvalue weighted by molar-refractivity contribution is -0.117. The third-order valence-corrected chi connectivity index (χ3v) is 4.72. The Balaban J connectivity index is 1.58. The van der Waals surface area contributed by atoms with Crippen molar-refractivity contribution in [2.75, 3.05) is 18.6 Å². The molecule has 0 saturated carbocycles. The minimum Gasteiger partial charge on any atom is -0.496 e. The quantitative estimate of drug-likeness (QED) is 0.703. The van der Waals surface area contributed by atoms with Crippen molar-refractivity contribution in [1.82, 2.24) is 10.1 Å². The number of carbonyl (C=O) groups is 1. The summed E-state index contributed by atoms with van der Waals surface area (Å²) in [7, 11) is 1.58. The van der Waals surface area contributed by atoms with Gasteiger partial charge in [0.2, 0.25) is 5.91 Å². The van der Waals surface area contributed by atoms with Crippen LogP contribution in [0.5, 0.6) is 5.75 Å². The number of hydrogen-bond acceptors (Lipinski definition) is 5. The predicted octanol–water partition coefficient (Wildman–Crippen LogP) is 3.71. The maximum Gasteiger partial charge on any atom is 0.261 e. The first-order valence-corrected chi connectivity index (χ1v) is 8.60. The summed E-state index contributed by atoms with van der Waals surface area (Å²) in [6.07, 6.45) is 0.279. The number of aryl methyl sites for hydroxylation is 1. The number of benzene rings is 2. The molecule has 3 aromatic rings. The molecule has 1 atom stereocenters. The van der Waals surface area contributed by atoms with Crippen molar-refractivity contribution in [3.05, 3.63) is 59.7 Å². The molecule has 7 heteroatoms.